The summed E-state index contributed by atoms with van der Waals surface area (Å²) < 4.78 is 5.95. The molecule has 1 amide bonds. The number of nitrogens with zero attached hydrogens (tertiary/aromatic N) is 2. The summed E-state index contributed by atoms with van der Waals surface area (Å²) in [6.07, 6.45) is 2.87. The van der Waals surface area contributed by atoms with Gasteiger partial charge in [0.1, 0.15) is 6.10 Å². The molecule has 154 valence electrons. The van der Waals surface area contributed by atoms with Gasteiger partial charge in [0, 0.05) is 25.8 Å². The molecule has 2 aromatic rings. The molecule has 1 N–H and O–H groups in total. The molecule has 3 heterocycles. The van der Waals surface area contributed by atoms with Crippen LogP contribution >= 0.6 is 22.9 Å². The quantitative estimate of drug-likeness (QED) is 0.718. The SMILES string of the molecule is COCC1CCCN1c1ccc(C2=NOC(CNC(=O)c3ccc(Cl)s3)C2)cc1. The fourth-order valence-electron chi connectivity index (χ4n) is 3.82. The summed E-state index contributed by atoms with van der Waals surface area (Å²) in [7, 11) is 1.76. The zero-order valence-corrected chi connectivity index (χ0v) is 17.8. The van der Waals surface area contributed by atoms with Gasteiger partial charge >= 0.3 is 0 Å². The standard InChI is InChI=1S/C21H24ClN3O3S/c1-27-13-16-3-2-10-25(16)15-6-4-14(5-7-15)18-11-17(28-24-18)12-23-21(26)19-8-9-20(22)29-19/h4-9,16-17H,2-3,10-13H2,1H3,(H,23,26). The van der Waals surface area contributed by atoms with E-state index in [1.165, 1.54) is 29.9 Å². The smallest absolute Gasteiger partial charge is 0.261 e. The highest BCUT2D eigenvalue weighted by molar-refractivity contribution is 7.17. The Labute approximate surface area is 179 Å². The van der Waals surface area contributed by atoms with Crippen LogP contribution in [0, 0.1) is 0 Å². The van der Waals surface area contributed by atoms with Gasteiger partial charge in [-0.1, -0.05) is 28.9 Å². The average Bonchev–Trinajstić information content (AvgIpc) is 3.47. The zero-order chi connectivity index (χ0) is 20.2. The molecule has 0 bridgehead atoms. The maximum absolute atomic E-state index is 12.1. The summed E-state index contributed by atoms with van der Waals surface area (Å²) >= 11 is 7.14. The minimum Gasteiger partial charge on any atom is -0.390 e. The van der Waals surface area contributed by atoms with Crippen LogP contribution in [0.4, 0.5) is 5.69 Å². The third kappa shape index (κ3) is 4.74. The third-order valence-corrected chi connectivity index (χ3v) is 6.52. The van der Waals surface area contributed by atoms with Gasteiger partial charge in [0.25, 0.3) is 5.91 Å². The van der Waals surface area contributed by atoms with Crippen molar-refractivity contribution >= 4 is 40.2 Å². The number of methoxy groups -OCH3 is 1. The van der Waals surface area contributed by atoms with Crippen molar-refractivity contribution in [3.63, 3.8) is 0 Å². The molecule has 8 heteroatoms. The number of nitrogens with one attached hydrogen (secondary N) is 1. The lowest BCUT2D eigenvalue weighted by molar-refractivity contribution is 0.0755. The van der Waals surface area contributed by atoms with E-state index in [1.54, 1.807) is 19.2 Å². The molecule has 1 fully saturated rings. The summed E-state index contributed by atoms with van der Waals surface area (Å²) in [5, 5.41) is 7.11. The number of carbonyl (C=O) groups is 1. The van der Waals surface area contributed by atoms with E-state index in [4.69, 9.17) is 21.2 Å². The van der Waals surface area contributed by atoms with Gasteiger partial charge in [-0.05, 0) is 42.7 Å². The second kappa shape index (κ2) is 9.15. The molecule has 0 radical (unpaired) electrons. The first-order chi connectivity index (χ1) is 14.1. The zero-order valence-electron chi connectivity index (χ0n) is 16.3. The summed E-state index contributed by atoms with van der Waals surface area (Å²) in [6.45, 7) is 2.23. The predicted octanol–water partition coefficient (Wildman–Crippen LogP) is 3.94. The first kappa shape index (κ1) is 20.2. The highest BCUT2D eigenvalue weighted by Crippen LogP contribution is 2.27. The Hall–Kier alpha value is -2.09. The lowest BCUT2D eigenvalue weighted by atomic mass is 10.0. The number of benzene rings is 1. The van der Waals surface area contributed by atoms with Crippen molar-refractivity contribution in [3.05, 3.63) is 51.2 Å². The molecule has 1 aromatic heterocycles. The summed E-state index contributed by atoms with van der Waals surface area (Å²) in [4.78, 5) is 20.7. The van der Waals surface area contributed by atoms with E-state index in [2.05, 4.69) is 39.6 Å². The number of hydrogen-bond donors (Lipinski definition) is 1. The molecule has 2 atom stereocenters. The van der Waals surface area contributed by atoms with E-state index >= 15 is 0 Å². The normalized spacial score (nSPS) is 21.2. The van der Waals surface area contributed by atoms with Crippen molar-refractivity contribution < 1.29 is 14.4 Å². The molecular formula is C21H24ClN3O3S. The number of anilines is 1. The van der Waals surface area contributed by atoms with Gasteiger partial charge in [-0.15, -0.1) is 11.3 Å². The largest absolute Gasteiger partial charge is 0.390 e. The van der Waals surface area contributed by atoms with Gasteiger partial charge in [0.2, 0.25) is 0 Å². The molecule has 1 aromatic carbocycles. The van der Waals surface area contributed by atoms with E-state index in [0.717, 1.165) is 24.4 Å². The Morgan fingerprint density at radius 2 is 2.17 bits per heavy atom. The van der Waals surface area contributed by atoms with E-state index in [9.17, 15) is 4.79 Å². The molecule has 4 rings (SSSR count). The minimum absolute atomic E-state index is 0.139. The van der Waals surface area contributed by atoms with Crippen LogP contribution in [0.5, 0.6) is 0 Å². The minimum atomic E-state index is -0.159. The van der Waals surface area contributed by atoms with Crippen LogP contribution < -0.4 is 10.2 Å². The van der Waals surface area contributed by atoms with Crippen LogP contribution in [0.25, 0.3) is 0 Å². The number of ether oxygens (including phenoxy) is 1. The highest BCUT2D eigenvalue weighted by Gasteiger charge is 2.26. The number of oxime groups is 1. The molecule has 2 aliphatic heterocycles. The van der Waals surface area contributed by atoms with Crippen LogP contribution in [0.3, 0.4) is 0 Å². The molecule has 6 nitrogen and oxygen atoms in total. The molecule has 0 spiro atoms. The van der Waals surface area contributed by atoms with Crippen molar-refractivity contribution in [3.8, 4) is 0 Å². The Morgan fingerprint density at radius 3 is 2.90 bits per heavy atom. The van der Waals surface area contributed by atoms with Gasteiger partial charge in [0.15, 0.2) is 0 Å². The third-order valence-electron chi connectivity index (χ3n) is 5.29. The molecule has 1 saturated heterocycles. The number of rotatable bonds is 7. The monoisotopic (exact) mass is 433 g/mol. The maximum Gasteiger partial charge on any atom is 0.261 e. The van der Waals surface area contributed by atoms with E-state index in [0.29, 0.717) is 28.2 Å². The van der Waals surface area contributed by atoms with E-state index in [-0.39, 0.29) is 12.0 Å². The van der Waals surface area contributed by atoms with Crippen LogP contribution in [0.15, 0.2) is 41.6 Å². The van der Waals surface area contributed by atoms with Crippen LogP contribution in [-0.2, 0) is 9.57 Å². The van der Waals surface area contributed by atoms with Gasteiger partial charge < -0.3 is 19.8 Å². The predicted molar refractivity (Wildman–Crippen MR) is 116 cm³/mol. The molecule has 0 saturated carbocycles. The molecule has 2 aliphatic rings. The number of carbonyl (C=O) groups excluding carboxylic acids is 1. The fourth-order valence-corrected chi connectivity index (χ4v) is 4.78. The first-order valence-electron chi connectivity index (χ1n) is 9.76. The molecule has 0 aliphatic carbocycles. The van der Waals surface area contributed by atoms with Crippen molar-refractivity contribution in [2.75, 3.05) is 31.7 Å². The number of thiophene rings is 1. The Morgan fingerprint density at radius 1 is 1.34 bits per heavy atom. The van der Waals surface area contributed by atoms with Gasteiger partial charge in [0.05, 0.1) is 34.1 Å². The van der Waals surface area contributed by atoms with Crippen LogP contribution in [-0.4, -0.2) is 50.6 Å². The van der Waals surface area contributed by atoms with Gasteiger partial charge in [-0.25, -0.2) is 0 Å². The van der Waals surface area contributed by atoms with Crippen molar-refractivity contribution in [2.24, 2.45) is 5.16 Å². The maximum atomic E-state index is 12.1. The second-order valence-corrected chi connectivity index (χ2v) is 8.99. The van der Waals surface area contributed by atoms with E-state index < -0.39 is 0 Å². The van der Waals surface area contributed by atoms with Crippen LogP contribution in [0.2, 0.25) is 4.34 Å². The Bertz CT molecular complexity index is 884. The molecule has 29 heavy (non-hydrogen) atoms. The summed E-state index contributed by atoms with van der Waals surface area (Å²) in [5.41, 5.74) is 3.17. The lowest BCUT2D eigenvalue weighted by Gasteiger charge is -2.26. The Balaban J connectivity index is 1.30. The summed E-state index contributed by atoms with van der Waals surface area (Å²) in [5.74, 6) is -0.139. The van der Waals surface area contributed by atoms with Crippen molar-refractivity contribution in [2.45, 2.75) is 31.4 Å². The number of halogens is 1. The number of amides is 1. The average molecular weight is 434 g/mol. The van der Waals surface area contributed by atoms with Crippen LogP contribution in [0.1, 0.15) is 34.5 Å². The van der Waals surface area contributed by atoms with Gasteiger partial charge in [-0.2, -0.15) is 0 Å². The first-order valence-corrected chi connectivity index (χ1v) is 11.0. The molecular weight excluding hydrogens is 410 g/mol. The van der Waals surface area contributed by atoms with E-state index in [1.807, 2.05) is 0 Å². The topological polar surface area (TPSA) is 63.2 Å². The summed E-state index contributed by atoms with van der Waals surface area (Å²) in [6, 6.07) is 12.4. The fraction of sp³-hybridized carbons (Fsp3) is 0.429. The van der Waals surface area contributed by atoms with Crippen molar-refractivity contribution in [1.29, 1.82) is 0 Å². The lowest BCUT2D eigenvalue weighted by Crippen LogP contribution is -2.32. The molecule has 2 unspecified atom stereocenters. The van der Waals surface area contributed by atoms with Crippen molar-refractivity contribution in [1.82, 2.24) is 5.32 Å². The number of hydrogen-bond acceptors (Lipinski definition) is 6. The highest BCUT2D eigenvalue weighted by atomic mass is 35.5. The van der Waals surface area contributed by atoms with Gasteiger partial charge in [-0.3, -0.25) is 4.79 Å². The Kier molecular flexibility index (Phi) is 6.37. The second-order valence-electron chi connectivity index (χ2n) is 7.27.